The smallest absolute Gasteiger partial charge is 0.335 e. The Morgan fingerprint density at radius 3 is 1.84 bits per heavy atom. The highest BCUT2D eigenvalue weighted by Gasteiger charge is 2.47. The van der Waals surface area contributed by atoms with Crippen molar-refractivity contribution in [1.29, 1.82) is 0 Å². The van der Waals surface area contributed by atoms with E-state index in [4.69, 9.17) is 0 Å². The maximum absolute atomic E-state index is 11.2. The Kier molecular flexibility index (Phi) is 30.7. The number of likely N-dealkylation sites (tertiary alicyclic amines) is 1. The zero-order valence-electron chi connectivity index (χ0n) is 28.7. The third kappa shape index (κ3) is 17.9. The standard InChI is InChI=1S/C16H25N.C12H20O3.C4H9N.C2H6.2C2H4/c1-5-8-14(4)16(9-6-2)17-12-10-15(7-3)11-13-17;13-11(14)12(15,8-9-4-3-5-9)10-6-1-2-7-10;1-3-4-5-2;3*1-2/h5,7-9,15H,3-4,6,10-13H2,1-2H3;9-10,15H,1-8H2,(H,13,14);3,5H,1,4H2,2H3;1-2H3;2*1-2H2/b8-5+,16-9-;;;;;. The second kappa shape index (κ2) is 29.4. The molecule has 3 N–H and O–H groups in total. The van der Waals surface area contributed by atoms with E-state index in [1.807, 2.05) is 33.9 Å². The van der Waals surface area contributed by atoms with Gasteiger partial charge in [0.15, 0.2) is 5.60 Å². The molecule has 1 aliphatic heterocycles. The molecule has 5 heteroatoms. The summed E-state index contributed by atoms with van der Waals surface area (Å²) in [6.07, 6.45) is 21.7. The summed E-state index contributed by atoms with van der Waals surface area (Å²) in [5, 5.41) is 22.4. The normalized spacial score (nSPS) is 18.1. The van der Waals surface area contributed by atoms with Crippen LogP contribution in [0.25, 0.3) is 0 Å². The maximum atomic E-state index is 11.2. The molecule has 0 aromatic rings. The van der Waals surface area contributed by atoms with Crippen LogP contribution in [0.1, 0.15) is 98.3 Å². The van der Waals surface area contributed by atoms with Gasteiger partial charge in [-0.25, -0.2) is 4.79 Å². The first-order chi connectivity index (χ1) is 20.8. The van der Waals surface area contributed by atoms with E-state index in [9.17, 15) is 15.0 Å². The van der Waals surface area contributed by atoms with Crippen LogP contribution < -0.4 is 5.32 Å². The number of carboxylic acid groups (broad SMARTS) is 1. The van der Waals surface area contributed by atoms with Gasteiger partial charge in [-0.2, -0.15) is 0 Å². The molecule has 0 aromatic carbocycles. The lowest BCUT2D eigenvalue weighted by atomic mass is 9.72. The van der Waals surface area contributed by atoms with Crippen molar-refractivity contribution >= 4 is 5.97 Å². The van der Waals surface area contributed by atoms with Gasteiger partial charge < -0.3 is 20.4 Å². The fourth-order valence-corrected chi connectivity index (χ4v) is 5.43. The van der Waals surface area contributed by atoms with Crippen LogP contribution in [0.15, 0.2) is 87.7 Å². The molecule has 3 fully saturated rings. The molecule has 0 bridgehead atoms. The molecule has 43 heavy (non-hydrogen) atoms. The summed E-state index contributed by atoms with van der Waals surface area (Å²) in [4.78, 5) is 13.7. The Morgan fingerprint density at radius 1 is 0.977 bits per heavy atom. The van der Waals surface area contributed by atoms with Crippen molar-refractivity contribution in [1.82, 2.24) is 10.2 Å². The van der Waals surface area contributed by atoms with Gasteiger partial charge in [0.1, 0.15) is 0 Å². The van der Waals surface area contributed by atoms with Crippen molar-refractivity contribution < 1.29 is 15.0 Å². The number of likely N-dealkylation sites (N-methyl/N-ethyl adjacent to an activating group) is 1. The molecule has 1 unspecified atom stereocenters. The summed E-state index contributed by atoms with van der Waals surface area (Å²) in [6.45, 7) is 34.9. The molecule has 5 nitrogen and oxygen atoms in total. The van der Waals surface area contributed by atoms with Crippen LogP contribution in [0.2, 0.25) is 0 Å². The number of hydrogen-bond acceptors (Lipinski definition) is 4. The van der Waals surface area contributed by atoms with E-state index in [0.717, 1.165) is 70.2 Å². The predicted molar refractivity (Wildman–Crippen MR) is 191 cm³/mol. The molecule has 3 aliphatic rings. The van der Waals surface area contributed by atoms with E-state index in [1.54, 1.807) is 0 Å². The highest BCUT2D eigenvalue weighted by atomic mass is 16.4. The number of allylic oxidation sites excluding steroid dienone is 4. The number of nitrogens with one attached hydrogen (secondary N) is 1. The Labute approximate surface area is 266 Å². The molecule has 1 saturated heterocycles. The van der Waals surface area contributed by atoms with Gasteiger partial charge in [-0.15, -0.1) is 39.5 Å². The van der Waals surface area contributed by atoms with Gasteiger partial charge in [0.25, 0.3) is 0 Å². The molecule has 0 amide bonds. The van der Waals surface area contributed by atoms with Crippen LogP contribution in [0.4, 0.5) is 0 Å². The minimum absolute atomic E-state index is 0.00407. The monoisotopic (exact) mass is 601 g/mol. The second-order valence-electron chi connectivity index (χ2n) is 10.6. The van der Waals surface area contributed by atoms with Crippen molar-refractivity contribution in [3.05, 3.63) is 87.7 Å². The minimum atomic E-state index is -1.43. The molecular formula is C38H68N2O3. The first-order valence-electron chi connectivity index (χ1n) is 16.4. The molecule has 1 atom stereocenters. The number of carboxylic acids is 1. The van der Waals surface area contributed by atoms with Crippen molar-refractivity contribution in [2.45, 2.75) is 104 Å². The number of nitrogens with zero attached hydrogens (tertiary/aromatic N) is 1. The van der Waals surface area contributed by atoms with E-state index in [2.05, 4.69) is 87.5 Å². The first-order valence-corrected chi connectivity index (χ1v) is 16.4. The van der Waals surface area contributed by atoms with Gasteiger partial charge in [-0.1, -0.05) is 89.8 Å². The summed E-state index contributed by atoms with van der Waals surface area (Å²) in [7, 11) is 1.89. The van der Waals surface area contributed by atoms with Crippen LogP contribution in [-0.4, -0.2) is 53.4 Å². The number of aliphatic hydroxyl groups is 1. The third-order valence-electron chi connectivity index (χ3n) is 7.88. The van der Waals surface area contributed by atoms with E-state index >= 15 is 0 Å². The number of carbonyl (C=O) groups is 1. The summed E-state index contributed by atoms with van der Waals surface area (Å²) < 4.78 is 0. The topological polar surface area (TPSA) is 72.8 Å². The molecule has 0 aromatic heterocycles. The average Bonchev–Trinajstić information content (AvgIpc) is 3.58. The molecule has 248 valence electrons. The fourth-order valence-electron chi connectivity index (χ4n) is 5.43. The van der Waals surface area contributed by atoms with Gasteiger partial charge in [0, 0.05) is 25.3 Å². The highest BCUT2D eigenvalue weighted by Crippen LogP contribution is 2.42. The minimum Gasteiger partial charge on any atom is -0.479 e. The molecular weight excluding hydrogens is 532 g/mol. The predicted octanol–water partition coefficient (Wildman–Crippen LogP) is 9.52. The van der Waals surface area contributed by atoms with E-state index in [-0.39, 0.29) is 5.92 Å². The van der Waals surface area contributed by atoms with Gasteiger partial charge in [0.2, 0.25) is 0 Å². The van der Waals surface area contributed by atoms with Crippen LogP contribution >= 0.6 is 0 Å². The Balaban J connectivity index is -0.000000561. The number of piperidine rings is 1. The Bertz CT molecular complexity index is 783. The van der Waals surface area contributed by atoms with Crippen LogP contribution in [0.3, 0.4) is 0 Å². The SMILES string of the molecule is C=C.C=C.C=CC1CCN(/C(=C\CC)C(=C)/C=C/C)CC1.C=CCNC.CC.O=C(O)C(O)(CC1CCC1)C1CCCC1. The van der Waals surface area contributed by atoms with Gasteiger partial charge in [0.05, 0.1) is 0 Å². The Hall–Kier alpha value is -2.63. The first kappa shape index (κ1) is 44.8. The molecule has 0 spiro atoms. The van der Waals surface area contributed by atoms with E-state index in [1.165, 1.54) is 25.0 Å². The largest absolute Gasteiger partial charge is 0.479 e. The van der Waals surface area contributed by atoms with Crippen LogP contribution in [0, 0.1) is 17.8 Å². The summed E-state index contributed by atoms with van der Waals surface area (Å²) in [6, 6.07) is 0. The van der Waals surface area contributed by atoms with Crippen LogP contribution in [0.5, 0.6) is 0 Å². The third-order valence-corrected chi connectivity index (χ3v) is 7.88. The van der Waals surface area contributed by atoms with Crippen molar-refractivity contribution in [3.63, 3.8) is 0 Å². The zero-order valence-corrected chi connectivity index (χ0v) is 28.7. The van der Waals surface area contributed by atoms with Crippen LogP contribution in [-0.2, 0) is 4.79 Å². The van der Waals surface area contributed by atoms with Crippen molar-refractivity contribution in [2.75, 3.05) is 26.7 Å². The summed E-state index contributed by atoms with van der Waals surface area (Å²) in [5.74, 6) is 0.146. The lowest BCUT2D eigenvalue weighted by Crippen LogP contribution is -2.47. The molecule has 1 heterocycles. The molecule has 0 radical (unpaired) electrons. The molecule has 3 rings (SSSR count). The van der Waals surface area contributed by atoms with E-state index in [0.29, 0.717) is 18.3 Å². The van der Waals surface area contributed by atoms with Crippen molar-refractivity contribution in [2.24, 2.45) is 17.8 Å². The van der Waals surface area contributed by atoms with Crippen molar-refractivity contribution in [3.8, 4) is 0 Å². The fraction of sp³-hybridized carbons (Fsp3) is 0.605. The second-order valence-corrected chi connectivity index (χ2v) is 10.6. The maximum Gasteiger partial charge on any atom is 0.335 e. The average molecular weight is 601 g/mol. The zero-order chi connectivity index (χ0) is 33.7. The van der Waals surface area contributed by atoms with Gasteiger partial charge >= 0.3 is 5.97 Å². The van der Waals surface area contributed by atoms with Gasteiger partial charge in [-0.05, 0) is 75.8 Å². The quantitative estimate of drug-likeness (QED) is 0.163. The number of hydrogen-bond donors (Lipinski definition) is 3. The molecule has 2 aliphatic carbocycles. The highest BCUT2D eigenvalue weighted by molar-refractivity contribution is 5.77. The summed E-state index contributed by atoms with van der Waals surface area (Å²) >= 11 is 0. The summed E-state index contributed by atoms with van der Waals surface area (Å²) in [5.41, 5.74) is 1.02. The number of aliphatic carboxylic acids is 1. The Morgan fingerprint density at radius 2 is 1.51 bits per heavy atom. The lowest BCUT2D eigenvalue weighted by molar-refractivity contribution is -0.168. The van der Waals surface area contributed by atoms with Gasteiger partial charge in [-0.3, -0.25) is 0 Å². The van der Waals surface area contributed by atoms with E-state index < -0.39 is 11.6 Å². The molecule has 2 saturated carbocycles. The lowest BCUT2D eigenvalue weighted by Gasteiger charge is -2.36. The number of rotatable bonds is 11.